The monoisotopic (exact) mass is 275 g/mol. The number of rotatable bonds is 4. The summed E-state index contributed by atoms with van der Waals surface area (Å²) in [6.07, 6.45) is 6.19. The summed E-state index contributed by atoms with van der Waals surface area (Å²) in [4.78, 5) is 23.6. The van der Waals surface area contributed by atoms with Gasteiger partial charge in [-0.15, -0.1) is 0 Å². The van der Waals surface area contributed by atoms with Crippen LogP contribution in [0.1, 0.15) is 50.1 Å². The van der Waals surface area contributed by atoms with Crippen LogP contribution >= 0.6 is 0 Å². The smallest absolute Gasteiger partial charge is 0.330 e. The van der Waals surface area contributed by atoms with Crippen LogP contribution in [0.2, 0.25) is 0 Å². The molecule has 0 aliphatic heterocycles. The lowest BCUT2D eigenvalue weighted by Crippen LogP contribution is -2.37. The van der Waals surface area contributed by atoms with Gasteiger partial charge in [0.2, 0.25) is 5.91 Å². The van der Waals surface area contributed by atoms with E-state index in [1.165, 1.54) is 12.8 Å². The molecular weight excluding hydrogens is 254 g/mol. The molecule has 1 amide bonds. The van der Waals surface area contributed by atoms with Gasteiger partial charge in [-0.1, -0.05) is 56.0 Å². The van der Waals surface area contributed by atoms with E-state index in [2.05, 4.69) is 5.32 Å². The molecule has 108 valence electrons. The third-order valence-electron chi connectivity index (χ3n) is 3.89. The Kier molecular flexibility index (Phi) is 5.16. The van der Waals surface area contributed by atoms with Gasteiger partial charge in [0.1, 0.15) is 0 Å². The second-order valence-corrected chi connectivity index (χ2v) is 5.38. The number of hydrogen-bond acceptors (Lipinski definition) is 2. The van der Waals surface area contributed by atoms with E-state index in [9.17, 15) is 14.7 Å². The van der Waals surface area contributed by atoms with E-state index in [0.29, 0.717) is 5.56 Å². The van der Waals surface area contributed by atoms with Gasteiger partial charge in [0.05, 0.1) is 0 Å². The van der Waals surface area contributed by atoms with Gasteiger partial charge in [-0.25, -0.2) is 4.79 Å². The summed E-state index contributed by atoms with van der Waals surface area (Å²) in [5, 5.41) is 12.0. The highest BCUT2D eigenvalue weighted by Gasteiger charge is 2.26. The van der Waals surface area contributed by atoms with Gasteiger partial charge < -0.3 is 10.4 Å². The third-order valence-corrected chi connectivity index (χ3v) is 3.89. The predicted octanol–water partition coefficient (Wildman–Crippen LogP) is 2.90. The Labute approximate surface area is 119 Å². The average molecular weight is 275 g/mol. The summed E-state index contributed by atoms with van der Waals surface area (Å²) in [5.74, 6) is -1.18. The molecule has 0 saturated heterocycles. The van der Waals surface area contributed by atoms with E-state index in [-0.39, 0.29) is 11.8 Å². The molecule has 1 atom stereocenters. The topological polar surface area (TPSA) is 66.4 Å². The molecule has 2 N–H and O–H groups in total. The molecule has 0 aromatic heterocycles. The lowest BCUT2D eigenvalue weighted by Gasteiger charge is -2.19. The van der Waals surface area contributed by atoms with Crippen molar-refractivity contribution >= 4 is 11.9 Å². The second-order valence-electron chi connectivity index (χ2n) is 5.38. The van der Waals surface area contributed by atoms with Crippen LogP contribution in [0.25, 0.3) is 0 Å². The molecule has 1 aliphatic carbocycles. The first kappa shape index (κ1) is 14.6. The van der Waals surface area contributed by atoms with E-state index in [4.69, 9.17) is 0 Å². The summed E-state index contributed by atoms with van der Waals surface area (Å²) in [6, 6.07) is 7.90. The summed E-state index contributed by atoms with van der Waals surface area (Å²) in [5.41, 5.74) is 0.613. The highest BCUT2D eigenvalue weighted by Crippen LogP contribution is 2.24. The molecule has 1 aromatic rings. The summed E-state index contributed by atoms with van der Waals surface area (Å²) in [6.45, 7) is 0. The molecule has 1 aliphatic rings. The number of hydrogen-bond donors (Lipinski definition) is 2. The zero-order chi connectivity index (χ0) is 14.4. The first-order valence-corrected chi connectivity index (χ1v) is 7.26. The molecule has 0 spiro atoms. The summed E-state index contributed by atoms with van der Waals surface area (Å²) >= 11 is 0. The fraction of sp³-hybridized carbons (Fsp3) is 0.500. The summed E-state index contributed by atoms with van der Waals surface area (Å²) < 4.78 is 0. The van der Waals surface area contributed by atoms with Crippen LogP contribution in [-0.4, -0.2) is 17.0 Å². The molecule has 20 heavy (non-hydrogen) atoms. The minimum absolute atomic E-state index is 0.0388. The maximum absolute atomic E-state index is 12.3. The van der Waals surface area contributed by atoms with Crippen LogP contribution < -0.4 is 5.32 Å². The number of amides is 1. The summed E-state index contributed by atoms with van der Waals surface area (Å²) in [7, 11) is 0. The number of aliphatic carboxylic acids is 1. The first-order valence-electron chi connectivity index (χ1n) is 7.26. The van der Waals surface area contributed by atoms with Gasteiger partial charge in [-0.2, -0.15) is 0 Å². The molecule has 4 nitrogen and oxygen atoms in total. The van der Waals surface area contributed by atoms with Gasteiger partial charge in [0.25, 0.3) is 0 Å². The molecule has 0 unspecified atom stereocenters. The Morgan fingerprint density at radius 1 is 1.05 bits per heavy atom. The van der Waals surface area contributed by atoms with Gasteiger partial charge >= 0.3 is 5.97 Å². The van der Waals surface area contributed by atoms with Crippen molar-refractivity contribution in [2.75, 3.05) is 0 Å². The van der Waals surface area contributed by atoms with Crippen molar-refractivity contribution in [2.45, 2.75) is 44.6 Å². The number of carboxylic acid groups (broad SMARTS) is 1. The fourth-order valence-corrected chi connectivity index (χ4v) is 2.73. The second kappa shape index (κ2) is 7.08. The molecule has 1 aromatic carbocycles. The van der Waals surface area contributed by atoms with Crippen LogP contribution in [0, 0.1) is 5.92 Å². The van der Waals surface area contributed by atoms with E-state index >= 15 is 0 Å². The first-order chi connectivity index (χ1) is 9.68. The predicted molar refractivity (Wildman–Crippen MR) is 76.2 cm³/mol. The van der Waals surface area contributed by atoms with Crippen molar-refractivity contribution in [3.8, 4) is 0 Å². The van der Waals surface area contributed by atoms with Crippen LogP contribution in [0.15, 0.2) is 30.3 Å². The maximum Gasteiger partial charge on any atom is 0.330 e. The fourth-order valence-electron chi connectivity index (χ4n) is 2.73. The van der Waals surface area contributed by atoms with Gasteiger partial charge in [0.15, 0.2) is 6.04 Å². The standard InChI is InChI=1S/C16H21NO3/c18-15(13-10-4-1-2-5-11-13)17-14(16(19)20)12-8-6-3-7-9-12/h3,6-9,13-14H,1-2,4-5,10-11H2,(H,17,18)(H,19,20)/t14-/m1/s1. The Bertz CT molecular complexity index is 450. The quantitative estimate of drug-likeness (QED) is 0.830. The molecule has 0 radical (unpaired) electrons. The molecule has 0 heterocycles. The lowest BCUT2D eigenvalue weighted by molar-refractivity contribution is -0.142. The van der Waals surface area contributed by atoms with E-state index in [1.54, 1.807) is 24.3 Å². The highest BCUT2D eigenvalue weighted by atomic mass is 16.4. The van der Waals surface area contributed by atoms with Crippen LogP contribution in [0.4, 0.5) is 0 Å². The molecule has 0 bridgehead atoms. The molecular formula is C16H21NO3. The Morgan fingerprint density at radius 3 is 2.20 bits per heavy atom. The molecule has 1 saturated carbocycles. The van der Waals surface area contributed by atoms with Gasteiger partial charge in [0, 0.05) is 5.92 Å². The van der Waals surface area contributed by atoms with Crippen molar-refractivity contribution in [1.29, 1.82) is 0 Å². The normalized spacial score (nSPS) is 18.0. The van der Waals surface area contributed by atoms with E-state index < -0.39 is 12.0 Å². The lowest BCUT2D eigenvalue weighted by atomic mass is 9.98. The minimum Gasteiger partial charge on any atom is -0.479 e. The SMILES string of the molecule is O=C(N[C@@H](C(=O)O)c1ccccc1)C1CCCCCC1. The van der Waals surface area contributed by atoms with Gasteiger partial charge in [-0.3, -0.25) is 4.79 Å². The number of nitrogens with one attached hydrogen (secondary N) is 1. The number of carbonyl (C=O) groups is 2. The van der Waals surface area contributed by atoms with Crippen LogP contribution in [0.3, 0.4) is 0 Å². The van der Waals surface area contributed by atoms with Crippen LogP contribution in [0.5, 0.6) is 0 Å². The van der Waals surface area contributed by atoms with Crippen molar-refractivity contribution in [3.05, 3.63) is 35.9 Å². The number of benzene rings is 1. The molecule has 1 fully saturated rings. The Hall–Kier alpha value is -1.84. The Balaban J connectivity index is 2.04. The van der Waals surface area contributed by atoms with Crippen molar-refractivity contribution in [2.24, 2.45) is 5.92 Å². The average Bonchev–Trinajstić information content (AvgIpc) is 2.74. The van der Waals surface area contributed by atoms with Crippen molar-refractivity contribution < 1.29 is 14.7 Å². The largest absolute Gasteiger partial charge is 0.479 e. The third kappa shape index (κ3) is 3.83. The highest BCUT2D eigenvalue weighted by molar-refractivity contribution is 5.85. The Morgan fingerprint density at radius 2 is 1.65 bits per heavy atom. The zero-order valence-electron chi connectivity index (χ0n) is 11.5. The van der Waals surface area contributed by atoms with Gasteiger partial charge in [-0.05, 0) is 18.4 Å². The number of carbonyl (C=O) groups excluding carboxylic acids is 1. The van der Waals surface area contributed by atoms with Crippen LogP contribution in [-0.2, 0) is 9.59 Å². The maximum atomic E-state index is 12.3. The van der Waals surface area contributed by atoms with E-state index in [0.717, 1.165) is 25.7 Å². The van der Waals surface area contributed by atoms with Crippen molar-refractivity contribution in [3.63, 3.8) is 0 Å². The zero-order valence-corrected chi connectivity index (χ0v) is 11.5. The molecule has 2 rings (SSSR count). The molecule has 4 heteroatoms. The van der Waals surface area contributed by atoms with E-state index in [1.807, 2.05) is 6.07 Å². The van der Waals surface area contributed by atoms with Crippen molar-refractivity contribution in [1.82, 2.24) is 5.32 Å². The number of carboxylic acids is 1. The minimum atomic E-state index is -1.02.